The molecule has 2 aromatic rings. The Hall–Kier alpha value is -2.34. The van der Waals surface area contributed by atoms with E-state index in [1.165, 1.54) is 18.2 Å². The van der Waals surface area contributed by atoms with Crippen LogP contribution in [0.5, 0.6) is 0 Å². The quantitative estimate of drug-likeness (QED) is 0.582. The second-order valence-electron chi connectivity index (χ2n) is 6.93. The van der Waals surface area contributed by atoms with Crippen molar-refractivity contribution >= 4 is 17.3 Å². The second-order valence-corrected chi connectivity index (χ2v) is 7.34. The Morgan fingerprint density at radius 1 is 1.30 bits per heavy atom. The third kappa shape index (κ3) is 4.86. The zero-order chi connectivity index (χ0) is 21.9. The van der Waals surface area contributed by atoms with E-state index in [1.54, 1.807) is 22.1 Å². The summed E-state index contributed by atoms with van der Waals surface area (Å²) in [5.74, 6) is -1.31. The normalized spacial score (nSPS) is 17.6. The standard InChI is InChI=1S/C21H20ClF4N3O/c1-2-28-13-17(8-9-30-28)29(16-7-6-14(11-27)18(22)10-16)12-15-4-3-5-19(23)20(15)21(24,25)26/h3-7,10,17H,2,8-9,12-13H2,1H3/t17-/m0/s1. The Balaban J connectivity index is 2.04. The molecule has 0 amide bonds. The molecule has 0 aliphatic carbocycles. The fraction of sp³-hybridized carbons (Fsp3) is 0.381. The number of anilines is 1. The van der Waals surface area contributed by atoms with Crippen LogP contribution < -0.4 is 4.90 Å². The summed E-state index contributed by atoms with van der Waals surface area (Å²) < 4.78 is 54.7. The number of nitrogens with zero attached hydrogens (tertiary/aromatic N) is 3. The van der Waals surface area contributed by atoms with Crippen LogP contribution in [-0.4, -0.2) is 30.8 Å². The van der Waals surface area contributed by atoms with Crippen LogP contribution >= 0.6 is 11.6 Å². The molecule has 2 aromatic carbocycles. The number of hydrogen-bond donors (Lipinski definition) is 0. The van der Waals surface area contributed by atoms with Crippen molar-refractivity contribution in [3.63, 3.8) is 0 Å². The molecule has 0 spiro atoms. The molecule has 0 N–H and O–H groups in total. The Bertz CT molecular complexity index is 945. The van der Waals surface area contributed by atoms with E-state index in [1.807, 2.05) is 13.0 Å². The number of alkyl halides is 3. The minimum absolute atomic E-state index is 0.169. The van der Waals surface area contributed by atoms with Crippen LogP contribution in [0.4, 0.5) is 23.2 Å². The third-order valence-electron chi connectivity index (χ3n) is 5.06. The molecular weight excluding hydrogens is 422 g/mol. The van der Waals surface area contributed by atoms with Crippen LogP contribution in [0.3, 0.4) is 0 Å². The molecule has 1 aliphatic heterocycles. The maximum absolute atomic E-state index is 14.1. The van der Waals surface area contributed by atoms with Gasteiger partial charge in [0.15, 0.2) is 0 Å². The zero-order valence-corrected chi connectivity index (χ0v) is 17.0. The summed E-state index contributed by atoms with van der Waals surface area (Å²) in [5.41, 5.74) is -0.615. The van der Waals surface area contributed by atoms with E-state index >= 15 is 0 Å². The summed E-state index contributed by atoms with van der Waals surface area (Å²) >= 11 is 6.18. The van der Waals surface area contributed by atoms with Gasteiger partial charge in [0.25, 0.3) is 0 Å². The Morgan fingerprint density at radius 2 is 2.07 bits per heavy atom. The average molecular weight is 442 g/mol. The first-order valence-corrected chi connectivity index (χ1v) is 9.81. The van der Waals surface area contributed by atoms with Gasteiger partial charge in [0, 0.05) is 31.4 Å². The lowest BCUT2D eigenvalue weighted by Crippen LogP contribution is -2.48. The largest absolute Gasteiger partial charge is 0.419 e. The lowest BCUT2D eigenvalue weighted by Gasteiger charge is -2.40. The Kier molecular flexibility index (Phi) is 6.86. The molecular formula is C21H20ClF4N3O. The van der Waals surface area contributed by atoms with Crippen LogP contribution in [0.25, 0.3) is 0 Å². The van der Waals surface area contributed by atoms with Crippen molar-refractivity contribution in [2.24, 2.45) is 0 Å². The summed E-state index contributed by atoms with van der Waals surface area (Å²) in [6.45, 7) is 3.24. The van der Waals surface area contributed by atoms with Crippen molar-refractivity contribution in [3.8, 4) is 6.07 Å². The number of hydrogen-bond acceptors (Lipinski definition) is 4. The number of rotatable bonds is 5. The molecule has 0 radical (unpaired) electrons. The minimum Gasteiger partial charge on any atom is -0.363 e. The van der Waals surface area contributed by atoms with Gasteiger partial charge < -0.3 is 4.90 Å². The molecule has 1 atom stereocenters. The number of likely N-dealkylation sites (N-methyl/N-ethyl adjacent to an activating group) is 1. The molecule has 0 saturated carbocycles. The van der Waals surface area contributed by atoms with Crippen molar-refractivity contribution in [2.75, 3.05) is 24.6 Å². The van der Waals surface area contributed by atoms with Crippen molar-refractivity contribution in [2.45, 2.75) is 32.1 Å². The van der Waals surface area contributed by atoms with Gasteiger partial charge in [0.2, 0.25) is 0 Å². The van der Waals surface area contributed by atoms with E-state index in [2.05, 4.69) is 0 Å². The van der Waals surface area contributed by atoms with Gasteiger partial charge in [-0.1, -0.05) is 30.7 Å². The van der Waals surface area contributed by atoms with Gasteiger partial charge in [0.05, 0.1) is 22.8 Å². The molecule has 30 heavy (non-hydrogen) atoms. The lowest BCUT2D eigenvalue weighted by atomic mass is 10.0. The monoisotopic (exact) mass is 441 g/mol. The number of halogens is 5. The Morgan fingerprint density at radius 3 is 2.70 bits per heavy atom. The van der Waals surface area contributed by atoms with Crippen molar-refractivity contribution < 1.29 is 22.4 Å². The zero-order valence-electron chi connectivity index (χ0n) is 16.2. The highest BCUT2D eigenvalue weighted by molar-refractivity contribution is 6.32. The summed E-state index contributed by atoms with van der Waals surface area (Å²) in [7, 11) is 0. The smallest absolute Gasteiger partial charge is 0.363 e. The highest BCUT2D eigenvalue weighted by atomic mass is 35.5. The first-order valence-electron chi connectivity index (χ1n) is 9.43. The van der Waals surface area contributed by atoms with E-state index < -0.39 is 17.6 Å². The van der Waals surface area contributed by atoms with Crippen LogP contribution in [-0.2, 0) is 17.6 Å². The molecule has 1 saturated heterocycles. The fourth-order valence-corrected chi connectivity index (χ4v) is 3.79. The molecule has 0 unspecified atom stereocenters. The molecule has 0 aromatic heterocycles. The first kappa shape index (κ1) is 22.3. The number of hydroxylamine groups is 2. The molecule has 160 valence electrons. The number of nitriles is 1. The minimum atomic E-state index is -4.82. The predicted octanol–water partition coefficient (Wildman–Crippen LogP) is 5.40. The van der Waals surface area contributed by atoms with Crippen molar-refractivity contribution in [1.29, 1.82) is 5.26 Å². The van der Waals surface area contributed by atoms with Gasteiger partial charge in [-0.25, -0.2) is 4.39 Å². The van der Waals surface area contributed by atoms with E-state index in [-0.39, 0.29) is 28.7 Å². The third-order valence-corrected chi connectivity index (χ3v) is 5.37. The van der Waals surface area contributed by atoms with E-state index in [9.17, 15) is 17.6 Å². The highest BCUT2D eigenvalue weighted by Gasteiger charge is 2.37. The van der Waals surface area contributed by atoms with E-state index in [0.717, 1.165) is 6.07 Å². The highest BCUT2D eigenvalue weighted by Crippen LogP contribution is 2.36. The van der Waals surface area contributed by atoms with Gasteiger partial charge in [0.1, 0.15) is 11.9 Å². The summed E-state index contributed by atoms with van der Waals surface area (Å²) in [5, 5.41) is 11.1. The van der Waals surface area contributed by atoms with E-state index in [0.29, 0.717) is 31.8 Å². The molecule has 4 nitrogen and oxygen atoms in total. The van der Waals surface area contributed by atoms with Crippen LogP contribution in [0, 0.1) is 17.1 Å². The van der Waals surface area contributed by atoms with Gasteiger partial charge in [-0.2, -0.15) is 23.5 Å². The summed E-state index contributed by atoms with van der Waals surface area (Å²) in [6, 6.07) is 9.86. The number of benzene rings is 2. The van der Waals surface area contributed by atoms with E-state index in [4.69, 9.17) is 21.7 Å². The second kappa shape index (κ2) is 9.21. The van der Waals surface area contributed by atoms with Crippen LogP contribution in [0.2, 0.25) is 5.02 Å². The molecule has 1 fully saturated rings. The van der Waals surface area contributed by atoms with Crippen LogP contribution in [0.15, 0.2) is 36.4 Å². The van der Waals surface area contributed by atoms with Crippen LogP contribution in [0.1, 0.15) is 30.0 Å². The molecule has 1 heterocycles. The maximum Gasteiger partial charge on any atom is 0.419 e. The van der Waals surface area contributed by atoms with Gasteiger partial charge in [-0.05, 0) is 36.2 Å². The molecule has 1 aliphatic rings. The van der Waals surface area contributed by atoms with Crippen molar-refractivity contribution in [3.05, 3.63) is 63.9 Å². The Labute approximate surface area is 177 Å². The molecule has 0 bridgehead atoms. The van der Waals surface area contributed by atoms with Gasteiger partial charge >= 0.3 is 6.18 Å². The lowest BCUT2D eigenvalue weighted by molar-refractivity contribution is -0.182. The molecule has 3 rings (SSSR count). The van der Waals surface area contributed by atoms with Gasteiger partial charge in [-0.3, -0.25) is 4.84 Å². The summed E-state index contributed by atoms with van der Waals surface area (Å²) in [4.78, 5) is 7.31. The molecule has 9 heteroatoms. The maximum atomic E-state index is 14.1. The first-order chi connectivity index (χ1) is 14.2. The summed E-state index contributed by atoms with van der Waals surface area (Å²) in [6.07, 6.45) is -4.25. The SMILES string of the molecule is CCN1C[C@@H](N(Cc2cccc(F)c2C(F)(F)F)c2ccc(C#N)c(Cl)c2)CCO1. The van der Waals surface area contributed by atoms with Crippen molar-refractivity contribution in [1.82, 2.24) is 5.06 Å². The van der Waals surface area contributed by atoms with Gasteiger partial charge in [-0.15, -0.1) is 0 Å². The predicted molar refractivity (Wildman–Crippen MR) is 105 cm³/mol. The topological polar surface area (TPSA) is 39.5 Å². The fourth-order valence-electron chi connectivity index (χ4n) is 3.58. The average Bonchev–Trinajstić information content (AvgIpc) is 2.71.